The second-order valence-electron chi connectivity index (χ2n) is 5.73. The Bertz CT molecular complexity index is 850. The zero-order valence-electron chi connectivity index (χ0n) is 15.6. The average Bonchev–Trinajstić information content (AvgIpc) is 2.94. The van der Waals surface area contributed by atoms with Gasteiger partial charge in [-0.3, -0.25) is 14.5 Å². The molecule has 1 aromatic rings. The Balaban J connectivity index is 2.42. The van der Waals surface area contributed by atoms with Gasteiger partial charge in [-0.1, -0.05) is 12.1 Å². The number of para-hydroxylation sites is 1. The summed E-state index contributed by atoms with van der Waals surface area (Å²) in [6.45, 7) is 2.74. The average molecular weight is 409 g/mol. The van der Waals surface area contributed by atoms with Crippen molar-refractivity contribution in [2.75, 3.05) is 14.2 Å². The van der Waals surface area contributed by atoms with E-state index in [0.29, 0.717) is 17.3 Å². The minimum Gasteiger partial charge on any atom is -0.493 e. The van der Waals surface area contributed by atoms with Crippen LogP contribution in [0.4, 0.5) is 4.79 Å². The first-order chi connectivity index (χ1) is 13.2. The summed E-state index contributed by atoms with van der Waals surface area (Å²) in [5.41, 5.74) is 0.351. The minimum atomic E-state index is -1.18. The van der Waals surface area contributed by atoms with Gasteiger partial charge < -0.3 is 19.3 Å². The molecule has 0 aliphatic carbocycles. The van der Waals surface area contributed by atoms with E-state index >= 15 is 0 Å². The lowest BCUT2D eigenvalue weighted by Gasteiger charge is -2.18. The number of nitrogens with zero attached hydrogens (tertiary/aromatic N) is 1. The second-order valence-corrected chi connectivity index (χ2v) is 6.72. The van der Waals surface area contributed by atoms with Crippen molar-refractivity contribution in [1.29, 1.82) is 0 Å². The summed E-state index contributed by atoms with van der Waals surface area (Å²) >= 11 is 0.658. The lowest BCUT2D eigenvalue weighted by molar-refractivity contribution is -0.148. The Morgan fingerprint density at radius 2 is 1.89 bits per heavy atom. The maximum absolute atomic E-state index is 12.6. The molecule has 1 heterocycles. The molecule has 2 rings (SSSR count). The number of thioether (sulfide) groups is 1. The predicted molar refractivity (Wildman–Crippen MR) is 100 cm³/mol. The van der Waals surface area contributed by atoms with E-state index < -0.39 is 35.2 Å². The lowest BCUT2D eigenvalue weighted by atomic mass is 10.1. The van der Waals surface area contributed by atoms with Gasteiger partial charge in [-0.25, -0.2) is 9.59 Å². The molecule has 0 spiro atoms. The van der Waals surface area contributed by atoms with Gasteiger partial charge in [0.25, 0.3) is 11.1 Å². The highest BCUT2D eigenvalue weighted by atomic mass is 32.2. The van der Waals surface area contributed by atoms with Gasteiger partial charge in [0.1, 0.15) is 6.04 Å². The van der Waals surface area contributed by atoms with Crippen molar-refractivity contribution in [3.05, 3.63) is 28.7 Å². The highest BCUT2D eigenvalue weighted by Gasteiger charge is 2.41. The fourth-order valence-corrected chi connectivity index (χ4v) is 3.29. The summed E-state index contributed by atoms with van der Waals surface area (Å²) in [5, 5.41) is 8.48. The minimum absolute atomic E-state index is 0.0573. The third kappa shape index (κ3) is 4.28. The number of imide groups is 1. The Morgan fingerprint density at radius 3 is 2.46 bits per heavy atom. The Kier molecular flexibility index (Phi) is 6.68. The molecule has 1 N–H and O–H groups in total. The van der Waals surface area contributed by atoms with Crippen LogP contribution in [0.5, 0.6) is 11.5 Å². The SMILES string of the molecule is COC(=O)[C@H](C)N1C(=O)S/C(=C/c2cccc(OC)c2O[C@@H](C)C(=O)O)C1=O. The van der Waals surface area contributed by atoms with Gasteiger partial charge in [0.2, 0.25) is 0 Å². The maximum Gasteiger partial charge on any atom is 0.344 e. The van der Waals surface area contributed by atoms with Crippen molar-refractivity contribution in [3.63, 3.8) is 0 Å². The fourth-order valence-electron chi connectivity index (χ4n) is 2.39. The van der Waals surface area contributed by atoms with Crippen molar-refractivity contribution in [1.82, 2.24) is 4.90 Å². The predicted octanol–water partition coefficient (Wildman–Crippen LogP) is 2.14. The largest absolute Gasteiger partial charge is 0.493 e. The van der Waals surface area contributed by atoms with Crippen LogP contribution < -0.4 is 9.47 Å². The Hall–Kier alpha value is -3.01. The number of rotatable bonds is 7. The normalized spacial score (nSPS) is 17.4. The number of carboxylic acids is 1. The van der Waals surface area contributed by atoms with Crippen molar-refractivity contribution in [3.8, 4) is 11.5 Å². The number of amides is 2. The molecular weight excluding hydrogens is 390 g/mol. The molecule has 0 aromatic heterocycles. The summed E-state index contributed by atoms with van der Waals surface area (Å²) in [5.74, 6) is -2.17. The van der Waals surface area contributed by atoms with Crippen LogP contribution in [0.25, 0.3) is 6.08 Å². The van der Waals surface area contributed by atoms with E-state index in [2.05, 4.69) is 4.74 Å². The highest BCUT2D eigenvalue weighted by Crippen LogP contribution is 2.38. The smallest absolute Gasteiger partial charge is 0.344 e. The van der Waals surface area contributed by atoms with Gasteiger partial charge in [0, 0.05) is 5.56 Å². The van der Waals surface area contributed by atoms with E-state index in [1.165, 1.54) is 27.0 Å². The Labute approximate surface area is 165 Å². The quantitative estimate of drug-likeness (QED) is 0.533. The first-order valence-corrected chi connectivity index (χ1v) is 8.94. The zero-order chi connectivity index (χ0) is 21.0. The van der Waals surface area contributed by atoms with Crippen molar-refractivity contribution < 1.29 is 38.5 Å². The van der Waals surface area contributed by atoms with Crippen LogP contribution in [0, 0.1) is 0 Å². The number of methoxy groups -OCH3 is 2. The number of carbonyl (C=O) groups is 4. The molecule has 150 valence electrons. The molecule has 1 aromatic carbocycles. The molecule has 2 atom stereocenters. The highest BCUT2D eigenvalue weighted by molar-refractivity contribution is 8.18. The summed E-state index contributed by atoms with van der Waals surface area (Å²) in [4.78, 5) is 48.5. The number of ether oxygens (including phenoxy) is 3. The molecule has 1 fully saturated rings. The van der Waals surface area contributed by atoms with Crippen molar-refractivity contribution >= 4 is 40.9 Å². The van der Waals surface area contributed by atoms with Crippen LogP contribution in [-0.2, 0) is 19.1 Å². The molecule has 1 aliphatic rings. The monoisotopic (exact) mass is 409 g/mol. The van der Waals surface area contributed by atoms with Crippen LogP contribution in [0.1, 0.15) is 19.4 Å². The maximum atomic E-state index is 12.6. The Morgan fingerprint density at radius 1 is 1.21 bits per heavy atom. The van der Waals surface area contributed by atoms with E-state index in [0.717, 1.165) is 12.0 Å². The van der Waals surface area contributed by atoms with E-state index in [1.54, 1.807) is 18.2 Å². The topological polar surface area (TPSA) is 119 Å². The van der Waals surface area contributed by atoms with Gasteiger partial charge in [-0.05, 0) is 37.8 Å². The van der Waals surface area contributed by atoms with E-state index in [-0.39, 0.29) is 16.4 Å². The van der Waals surface area contributed by atoms with Crippen LogP contribution in [0.3, 0.4) is 0 Å². The number of benzene rings is 1. The molecule has 1 saturated heterocycles. The first-order valence-electron chi connectivity index (χ1n) is 8.12. The first kappa shape index (κ1) is 21.3. The third-order valence-corrected chi connectivity index (χ3v) is 4.80. The van der Waals surface area contributed by atoms with E-state index in [4.69, 9.17) is 14.6 Å². The molecule has 28 heavy (non-hydrogen) atoms. The number of carboxylic acid groups (broad SMARTS) is 1. The summed E-state index contributed by atoms with van der Waals surface area (Å²) in [6, 6.07) is 3.72. The van der Waals surface area contributed by atoms with Crippen molar-refractivity contribution in [2.45, 2.75) is 26.0 Å². The van der Waals surface area contributed by atoms with Gasteiger partial charge in [-0.2, -0.15) is 0 Å². The standard InChI is InChI=1S/C18H19NO8S/c1-9(17(23)26-4)19-15(20)13(28-18(19)24)8-11-6-5-7-12(25-3)14(11)27-10(2)16(21)22/h5-10H,1-4H3,(H,21,22)/b13-8+/t9-,10-/m0/s1. The molecule has 0 bridgehead atoms. The fraction of sp³-hybridized carbons (Fsp3) is 0.333. The number of hydrogen-bond donors (Lipinski definition) is 1. The summed E-state index contributed by atoms with van der Waals surface area (Å²) in [6.07, 6.45) is 0.222. The van der Waals surface area contributed by atoms with Gasteiger partial charge in [-0.15, -0.1) is 0 Å². The van der Waals surface area contributed by atoms with Gasteiger partial charge in [0.05, 0.1) is 19.1 Å². The molecule has 10 heteroatoms. The molecular formula is C18H19NO8S. The van der Waals surface area contributed by atoms with Crippen LogP contribution in [0.2, 0.25) is 0 Å². The second kappa shape index (κ2) is 8.79. The van der Waals surface area contributed by atoms with Gasteiger partial charge in [0.15, 0.2) is 17.6 Å². The molecule has 0 saturated carbocycles. The molecule has 2 amide bonds. The van der Waals surface area contributed by atoms with Gasteiger partial charge >= 0.3 is 11.9 Å². The van der Waals surface area contributed by atoms with Crippen molar-refractivity contribution in [2.24, 2.45) is 0 Å². The zero-order valence-corrected chi connectivity index (χ0v) is 16.4. The lowest BCUT2D eigenvalue weighted by Crippen LogP contribution is -2.42. The summed E-state index contributed by atoms with van der Waals surface area (Å²) < 4.78 is 15.3. The molecule has 0 unspecified atom stereocenters. The third-order valence-electron chi connectivity index (χ3n) is 3.91. The molecule has 0 radical (unpaired) electrons. The number of esters is 1. The molecule has 1 aliphatic heterocycles. The summed E-state index contributed by atoms with van der Waals surface area (Å²) in [7, 11) is 2.56. The van der Waals surface area contributed by atoms with Crippen LogP contribution in [0.15, 0.2) is 23.1 Å². The molecule has 9 nitrogen and oxygen atoms in total. The number of aliphatic carboxylic acids is 1. The van der Waals surface area contributed by atoms with E-state index in [9.17, 15) is 19.2 Å². The number of carbonyl (C=O) groups excluding carboxylic acids is 3. The van der Waals surface area contributed by atoms with E-state index in [1.807, 2.05) is 0 Å². The number of hydrogen-bond acceptors (Lipinski definition) is 8. The van der Waals surface area contributed by atoms with Crippen LogP contribution >= 0.6 is 11.8 Å². The van der Waals surface area contributed by atoms with Crippen LogP contribution in [-0.4, -0.2) is 59.5 Å².